The van der Waals surface area contributed by atoms with Crippen LogP contribution in [0.15, 0.2) is 65.8 Å². The molecule has 0 bridgehead atoms. The summed E-state index contributed by atoms with van der Waals surface area (Å²) in [7, 11) is 0. The number of benzene rings is 2. The predicted octanol–water partition coefficient (Wildman–Crippen LogP) is 1.83. The molecule has 2 N–H and O–H groups in total. The van der Waals surface area contributed by atoms with Gasteiger partial charge in [0.05, 0.1) is 23.8 Å². The largest absolute Gasteiger partial charge is 0.454 e. The van der Waals surface area contributed by atoms with E-state index in [2.05, 4.69) is 10.0 Å². The average Bonchev–Trinajstić information content (AvgIpc) is 2.78. The number of hydrogen-bond donors (Lipinski definition) is 2. The van der Waals surface area contributed by atoms with Gasteiger partial charge in [-0.25, -0.2) is 9.59 Å². The number of rotatable bonds is 6. The third kappa shape index (κ3) is 7.48. The van der Waals surface area contributed by atoms with Gasteiger partial charge in [0.2, 0.25) is 0 Å². The number of carbonyl (C=O) groups excluding carboxylic acids is 2. The van der Waals surface area contributed by atoms with Crippen molar-refractivity contribution < 1.29 is 122 Å². The summed E-state index contributed by atoms with van der Waals surface area (Å²) in [5, 5.41) is 23.5. The monoisotopic (exact) mass is 867 g/mol. The molecule has 10 nitrogen and oxygen atoms in total. The Morgan fingerprint density at radius 2 is 1.41 bits per heavy atom. The molecular formula is C20H19Ac2N3O7. The van der Waals surface area contributed by atoms with Crippen LogP contribution in [0.25, 0.3) is 10.4 Å². The summed E-state index contributed by atoms with van der Waals surface area (Å²) in [6.07, 6.45) is -5.80. The Morgan fingerprint density at radius 3 is 1.84 bits per heavy atom. The Bertz CT molecular complexity index is 929. The molecule has 1 fully saturated rings. The van der Waals surface area contributed by atoms with Gasteiger partial charge in [-0.15, -0.1) is 0 Å². The molecule has 162 valence electrons. The summed E-state index contributed by atoms with van der Waals surface area (Å²) in [5.41, 5.74) is 9.32. The number of aliphatic hydroxyl groups excluding tert-OH is 2. The van der Waals surface area contributed by atoms with E-state index in [9.17, 15) is 19.8 Å². The molecule has 1 aliphatic heterocycles. The number of aliphatic hydroxyl groups is 2. The molecule has 1 saturated heterocycles. The molecule has 12 heteroatoms. The number of carbonyl (C=O) groups is 2. The van der Waals surface area contributed by atoms with Gasteiger partial charge < -0.3 is 24.4 Å². The Labute approximate surface area is 255 Å². The molecule has 3 rings (SSSR count). The predicted molar refractivity (Wildman–Crippen MR) is 102 cm³/mol. The van der Waals surface area contributed by atoms with E-state index in [1.54, 1.807) is 36.4 Å². The van der Waals surface area contributed by atoms with Crippen molar-refractivity contribution in [3.63, 3.8) is 0 Å². The third-order valence-electron chi connectivity index (χ3n) is 4.51. The van der Waals surface area contributed by atoms with E-state index < -0.39 is 49.2 Å². The summed E-state index contributed by atoms with van der Waals surface area (Å²) in [5.74, 6) is -1.59. The minimum absolute atomic E-state index is 0. The quantitative estimate of drug-likeness (QED) is 0.195. The second kappa shape index (κ2) is 14.7. The van der Waals surface area contributed by atoms with Crippen LogP contribution in [0.5, 0.6) is 0 Å². The Kier molecular flexibility index (Phi) is 13.5. The van der Waals surface area contributed by atoms with Crippen LogP contribution < -0.4 is 0 Å². The smallest absolute Gasteiger partial charge is 0.338 e. The van der Waals surface area contributed by atoms with Crippen molar-refractivity contribution in [2.24, 2.45) is 5.11 Å². The van der Waals surface area contributed by atoms with Crippen LogP contribution in [0.4, 0.5) is 0 Å². The van der Waals surface area contributed by atoms with Gasteiger partial charge >= 0.3 is 11.9 Å². The first-order valence-corrected chi connectivity index (χ1v) is 9.05. The summed E-state index contributed by atoms with van der Waals surface area (Å²) < 4.78 is 16.1. The van der Waals surface area contributed by atoms with Crippen molar-refractivity contribution in [3.8, 4) is 0 Å². The van der Waals surface area contributed by atoms with Crippen molar-refractivity contribution in [2.45, 2.75) is 30.6 Å². The van der Waals surface area contributed by atoms with E-state index in [1.807, 2.05) is 0 Å². The van der Waals surface area contributed by atoms with Gasteiger partial charge in [0.15, 0.2) is 18.5 Å². The van der Waals surface area contributed by atoms with E-state index in [1.165, 1.54) is 24.3 Å². The maximum Gasteiger partial charge on any atom is 0.338 e. The van der Waals surface area contributed by atoms with Crippen LogP contribution in [-0.4, -0.2) is 59.4 Å². The second-order valence-electron chi connectivity index (χ2n) is 6.42. The molecule has 5 atom stereocenters. The van der Waals surface area contributed by atoms with Crippen molar-refractivity contribution in [1.29, 1.82) is 0 Å². The van der Waals surface area contributed by atoms with Gasteiger partial charge in [-0.1, -0.05) is 41.5 Å². The number of hydrogen-bond acceptors (Lipinski definition) is 8. The number of ether oxygens (including phenoxy) is 3. The molecular weight excluding hydrogens is 848 g/mol. The SMILES string of the molecule is [Ac].[Ac].[N-]=[N+]=N[C@H]1[C@H](OC(=O)c2ccccc2)[C@@H](OC(=O)c2ccccc2)C(O)O[C@@H]1CO. The zero-order chi connectivity index (χ0) is 21.5. The topological polar surface area (TPSA) is 151 Å². The molecule has 2 aromatic carbocycles. The normalized spacial score (nSPS) is 24.0. The summed E-state index contributed by atoms with van der Waals surface area (Å²) in [6, 6.07) is 14.7. The Morgan fingerprint density at radius 1 is 0.938 bits per heavy atom. The van der Waals surface area contributed by atoms with Gasteiger partial charge in [0.1, 0.15) is 6.04 Å². The zero-order valence-electron chi connectivity index (χ0n) is 16.8. The molecule has 2 aromatic rings. The van der Waals surface area contributed by atoms with Gasteiger partial charge in [-0.2, -0.15) is 0 Å². The fourth-order valence-corrected chi connectivity index (χ4v) is 3.05. The van der Waals surface area contributed by atoms with Gasteiger partial charge in [0, 0.05) is 93.0 Å². The van der Waals surface area contributed by atoms with Crippen LogP contribution in [0.3, 0.4) is 0 Å². The maximum atomic E-state index is 12.6. The first-order valence-electron chi connectivity index (χ1n) is 9.05. The molecule has 0 amide bonds. The molecule has 1 heterocycles. The standard InChI is InChI=1S/C20H19N3O7.2Ac/c21-23-22-15-14(11-24)28-20(27)17(30-19(26)13-9-5-2-6-10-13)16(15)29-18(25)12-7-3-1-4-8-12;;/h1-10,14-17,20,24,27H,11H2;;/t14-,15-,16+,17-,20?;;/m1../s1. The van der Waals surface area contributed by atoms with Crippen molar-refractivity contribution in [2.75, 3.05) is 6.61 Å². The molecule has 2 radical (unpaired) electrons. The zero-order valence-corrected chi connectivity index (χ0v) is 26.3. The first kappa shape index (κ1) is 29.5. The molecule has 0 spiro atoms. The summed E-state index contributed by atoms with van der Waals surface area (Å²) in [4.78, 5) is 27.8. The van der Waals surface area contributed by atoms with E-state index in [4.69, 9.17) is 19.7 Å². The van der Waals surface area contributed by atoms with Gasteiger partial charge in [-0.05, 0) is 29.8 Å². The molecule has 0 saturated carbocycles. The third-order valence-corrected chi connectivity index (χ3v) is 4.51. The Balaban J connectivity index is 0.00000256. The van der Waals surface area contributed by atoms with E-state index in [0.29, 0.717) is 0 Å². The van der Waals surface area contributed by atoms with Crippen molar-refractivity contribution >= 4 is 11.9 Å². The Hall–Kier alpha value is -0.547. The number of esters is 2. The molecule has 0 aromatic heterocycles. The van der Waals surface area contributed by atoms with Crippen LogP contribution in [0.1, 0.15) is 20.7 Å². The van der Waals surface area contributed by atoms with Gasteiger partial charge in [0.25, 0.3) is 0 Å². The van der Waals surface area contributed by atoms with E-state index in [0.717, 1.165) is 0 Å². The molecule has 1 aliphatic rings. The second-order valence-corrected chi connectivity index (χ2v) is 6.42. The molecule has 0 aliphatic carbocycles. The van der Waals surface area contributed by atoms with Crippen LogP contribution in [0, 0.1) is 88.1 Å². The van der Waals surface area contributed by atoms with Gasteiger partial charge in [-0.3, -0.25) is 0 Å². The number of azide groups is 1. The average molecular weight is 867 g/mol. The molecule has 32 heavy (non-hydrogen) atoms. The van der Waals surface area contributed by atoms with Crippen LogP contribution >= 0.6 is 0 Å². The fraction of sp³-hybridized carbons (Fsp3) is 0.300. The fourth-order valence-electron chi connectivity index (χ4n) is 3.05. The van der Waals surface area contributed by atoms with Crippen LogP contribution in [-0.2, 0) is 14.2 Å². The van der Waals surface area contributed by atoms with Crippen molar-refractivity contribution in [3.05, 3.63) is 82.2 Å². The summed E-state index contributed by atoms with van der Waals surface area (Å²) in [6.45, 7) is -0.626. The minimum Gasteiger partial charge on any atom is -0.454 e. The first-order chi connectivity index (χ1) is 14.5. The van der Waals surface area contributed by atoms with Crippen molar-refractivity contribution in [1.82, 2.24) is 0 Å². The maximum absolute atomic E-state index is 12.6. The summed E-state index contributed by atoms with van der Waals surface area (Å²) >= 11 is 0. The number of nitrogens with zero attached hydrogens (tertiary/aromatic N) is 3. The van der Waals surface area contributed by atoms with E-state index in [-0.39, 0.29) is 99.3 Å². The van der Waals surface area contributed by atoms with Crippen LogP contribution in [0.2, 0.25) is 0 Å². The molecule has 1 unspecified atom stereocenters. The minimum atomic E-state index is -1.73. The van der Waals surface area contributed by atoms with E-state index >= 15 is 0 Å².